The first kappa shape index (κ1) is 11.8. The molecule has 0 saturated heterocycles. The van der Waals surface area contributed by atoms with E-state index in [1.165, 1.54) is 5.56 Å². The molecular weight excluding hydrogens is 214 g/mol. The number of carbonyl (C=O) groups is 1. The minimum absolute atomic E-state index is 0.207. The summed E-state index contributed by atoms with van der Waals surface area (Å²) in [6.45, 7) is 6.04. The molecule has 0 atom stereocenters. The molecule has 90 valence electrons. The summed E-state index contributed by atoms with van der Waals surface area (Å²) in [5.41, 5.74) is 2.98. The fraction of sp³-hybridized carbons (Fsp3) is 0.429. The first-order valence-corrected chi connectivity index (χ1v) is 6.15. The third-order valence-corrected chi connectivity index (χ3v) is 3.09. The molecule has 1 heterocycles. The van der Waals surface area contributed by atoms with Crippen molar-refractivity contribution in [1.82, 2.24) is 0 Å². The Hall–Kier alpha value is -1.64. The van der Waals surface area contributed by atoms with E-state index in [0.717, 1.165) is 30.8 Å². The van der Waals surface area contributed by atoms with E-state index >= 15 is 0 Å². The smallest absolute Gasteiger partial charge is 0.403 e. The number of hydrogen-bond acceptors (Lipinski definition) is 2. The van der Waals surface area contributed by atoms with Gasteiger partial charge in [0, 0.05) is 6.42 Å². The molecule has 2 rings (SSSR count). The van der Waals surface area contributed by atoms with Gasteiger partial charge in [0.1, 0.15) is 13.1 Å². The molecule has 0 aromatic heterocycles. The topological polar surface area (TPSA) is 29.3 Å². The Balaban J connectivity index is 2.48. The molecule has 3 heteroatoms. The van der Waals surface area contributed by atoms with Crippen LogP contribution in [0.5, 0.6) is 0 Å². The highest BCUT2D eigenvalue weighted by atomic mass is 16.5. The van der Waals surface area contributed by atoms with Crippen LogP contribution in [0.2, 0.25) is 0 Å². The van der Waals surface area contributed by atoms with Gasteiger partial charge >= 0.3 is 5.97 Å². The van der Waals surface area contributed by atoms with Crippen molar-refractivity contribution in [3.05, 3.63) is 35.4 Å². The van der Waals surface area contributed by atoms with Crippen molar-refractivity contribution in [1.29, 1.82) is 0 Å². The molecule has 17 heavy (non-hydrogen) atoms. The first-order valence-electron chi connectivity index (χ1n) is 6.15. The molecule has 0 radical (unpaired) electrons. The Labute approximate surface area is 102 Å². The average molecular weight is 232 g/mol. The molecular formula is C14H18NO2+. The number of esters is 1. The lowest BCUT2D eigenvalue weighted by molar-refractivity contribution is -0.524. The van der Waals surface area contributed by atoms with Gasteiger partial charge in [0.2, 0.25) is 0 Å². The van der Waals surface area contributed by atoms with Gasteiger partial charge in [0.05, 0.1) is 12.2 Å². The number of likely N-dealkylation sites (N-methyl/N-ethyl adjacent to an activating group) is 1. The SMILES string of the molecule is CCOC(=O)C1=[N+](CC)CCc2ccccc21. The summed E-state index contributed by atoms with van der Waals surface area (Å²) >= 11 is 0. The van der Waals surface area contributed by atoms with E-state index in [9.17, 15) is 4.79 Å². The normalized spacial score (nSPS) is 14.5. The van der Waals surface area contributed by atoms with E-state index in [-0.39, 0.29) is 5.97 Å². The number of hydrogen-bond donors (Lipinski definition) is 0. The maximum atomic E-state index is 12.0. The van der Waals surface area contributed by atoms with E-state index in [4.69, 9.17) is 4.74 Å². The van der Waals surface area contributed by atoms with Crippen LogP contribution >= 0.6 is 0 Å². The van der Waals surface area contributed by atoms with Gasteiger partial charge < -0.3 is 4.74 Å². The van der Waals surface area contributed by atoms with Crippen LogP contribution in [-0.4, -0.2) is 36.0 Å². The molecule has 0 unspecified atom stereocenters. The fourth-order valence-corrected chi connectivity index (χ4v) is 2.26. The van der Waals surface area contributed by atoms with Gasteiger partial charge in [0.25, 0.3) is 5.71 Å². The molecule has 0 N–H and O–H groups in total. The summed E-state index contributed by atoms with van der Waals surface area (Å²) in [6.07, 6.45) is 0.993. The lowest BCUT2D eigenvalue weighted by Gasteiger charge is -2.16. The summed E-state index contributed by atoms with van der Waals surface area (Å²) in [4.78, 5) is 12.0. The predicted octanol–water partition coefficient (Wildman–Crippen LogP) is 1.63. The van der Waals surface area contributed by atoms with E-state index in [1.54, 1.807) is 0 Å². The Bertz CT molecular complexity index is 463. The molecule has 1 aromatic rings. The summed E-state index contributed by atoms with van der Waals surface area (Å²) in [7, 11) is 0. The van der Waals surface area contributed by atoms with Gasteiger partial charge in [-0.15, -0.1) is 0 Å². The average Bonchev–Trinajstić information content (AvgIpc) is 2.37. The zero-order valence-corrected chi connectivity index (χ0v) is 10.4. The Kier molecular flexibility index (Phi) is 3.57. The molecule has 1 aromatic carbocycles. The largest absolute Gasteiger partial charge is 0.458 e. The number of benzene rings is 1. The molecule has 0 amide bonds. The molecule has 0 saturated carbocycles. The minimum Gasteiger partial charge on any atom is -0.458 e. The number of ether oxygens (including phenoxy) is 1. The van der Waals surface area contributed by atoms with Crippen LogP contribution < -0.4 is 0 Å². The van der Waals surface area contributed by atoms with Crippen LogP contribution in [0.1, 0.15) is 25.0 Å². The summed E-state index contributed by atoms with van der Waals surface area (Å²) in [5.74, 6) is -0.207. The van der Waals surface area contributed by atoms with E-state index in [1.807, 2.05) is 25.1 Å². The highest BCUT2D eigenvalue weighted by molar-refractivity contribution is 6.41. The Morgan fingerprint density at radius 3 is 2.82 bits per heavy atom. The van der Waals surface area contributed by atoms with Crippen LogP contribution in [-0.2, 0) is 16.0 Å². The van der Waals surface area contributed by atoms with Gasteiger partial charge in [0.15, 0.2) is 0 Å². The quantitative estimate of drug-likeness (QED) is 0.585. The third kappa shape index (κ3) is 2.23. The maximum absolute atomic E-state index is 12.0. The second kappa shape index (κ2) is 5.13. The van der Waals surface area contributed by atoms with Gasteiger partial charge in [-0.1, -0.05) is 18.2 Å². The van der Waals surface area contributed by atoms with Crippen LogP contribution in [0, 0.1) is 0 Å². The van der Waals surface area contributed by atoms with Crippen molar-refractivity contribution < 1.29 is 14.1 Å². The van der Waals surface area contributed by atoms with Crippen molar-refractivity contribution in [3.63, 3.8) is 0 Å². The number of fused-ring (bicyclic) bond motifs is 1. The van der Waals surface area contributed by atoms with E-state index < -0.39 is 0 Å². The molecule has 0 aliphatic carbocycles. The zero-order chi connectivity index (χ0) is 12.3. The van der Waals surface area contributed by atoms with E-state index in [2.05, 4.69) is 17.6 Å². The summed E-state index contributed by atoms with van der Waals surface area (Å²) in [6, 6.07) is 8.07. The van der Waals surface area contributed by atoms with Crippen molar-refractivity contribution >= 4 is 11.7 Å². The van der Waals surface area contributed by atoms with Crippen LogP contribution in [0.25, 0.3) is 0 Å². The van der Waals surface area contributed by atoms with Crippen molar-refractivity contribution in [2.24, 2.45) is 0 Å². The van der Waals surface area contributed by atoms with Crippen LogP contribution in [0.15, 0.2) is 24.3 Å². The van der Waals surface area contributed by atoms with Crippen molar-refractivity contribution in [2.75, 3.05) is 19.7 Å². The monoisotopic (exact) mass is 232 g/mol. The Morgan fingerprint density at radius 2 is 2.12 bits per heavy atom. The number of nitrogens with zero attached hydrogens (tertiary/aromatic N) is 1. The van der Waals surface area contributed by atoms with Crippen LogP contribution in [0.4, 0.5) is 0 Å². The molecule has 3 nitrogen and oxygen atoms in total. The second-order valence-corrected chi connectivity index (χ2v) is 4.06. The van der Waals surface area contributed by atoms with Crippen molar-refractivity contribution in [3.8, 4) is 0 Å². The predicted molar refractivity (Wildman–Crippen MR) is 66.6 cm³/mol. The lowest BCUT2D eigenvalue weighted by Crippen LogP contribution is -2.36. The zero-order valence-electron chi connectivity index (χ0n) is 10.4. The van der Waals surface area contributed by atoms with Gasteiger partial charge in [-0.05, 0) is 25.5 Å². The highest BCUT2D eigenvalue weighted by Crippen LogP contribution is 2.16. The van der Waals surface area contributed by atoms with Crippen molar-refractivity contribution in [2.45, 2.75) is 20.3 Å². The molecule has 1 aliphatic heterocycles. The van der Waals surface area contributed by atoms with Gasteiger partial charge in [-0.25, -0.2) is 9.37 Å². The fourth-order valence-electron chi connectivity index (χ4n) is 2.26. The molecule has 1 aliphatic rings. The van der Waals surface area contributed by atoms with Crippen LogP contribution in [0.3, 0.4) is 0 Å². The second-order valence-electron chi connectivity index (χ2n) is 4.06. The Morgan fingerprint density at radius 1 is 1.35 bits per heavy atom. The maximum Gasteiger partial charge on any atom is 0.403 e. The van der Waals surface area contributed by atoms with Gasteiger partial charge in [-0.2, -0.15) is 0 Å². The first-order chi connectivity index (χ1) is 8.27. The third-order valence-electron chi connectivity index (χ3n) is 3.09. The summed E-state index contributed by atoms with van der Waals surface area (Å²) in [5, 5.41) is 0. The van der Waals surface area contributed by atoms with Gasteiger partial charge in [-0.3, -0.25) is 0 Å². The number of rotatable bonds is 3. The lowest BCUT2D eigenvalue weighted by atomic mass is 9.97. The molecule has 0 fully saturated rings. The standard InChI is InChI=1S/C14H18NO2/c1-3-15-10-9-11-7-5-6-8-12(11)13(15)14(16)17-4-2/h5-8H,3-4,9-10H2,1-2H3/q+1. The number of carbonyl (C=O) groups excluding carboxylic acids is 1. The minimum atomic E-state index is -0.207. The molecule has 0 spiro atoms. The highest BCUT2D eigenvalue weighted by Gasteiger charge is 2.31. The molecule has 0 bridgehead atoms. The van der Waals surface area contributed by atoms with E-state index in [0.29, 0.717) is 6.61 Å². The summed E-state index contributed by atoms with van der Waals surface area (Å²) < 4.78 is 7.25.